The molecule has 0 spiro atoms. The molecule has 0 aliphatic heterocycles. The number of hydrogen-bond acceptors (Lipinski definition) is 0. The number of halogens is 3. The van der Waals surface area contributed by atoms with Crippen LogP contribution >= 0.6 is 0 Å². The van der Waals surface area contributed by atoms with E-state index >= 15 is 0 Å². The van der Waals surface area contributed by atoms with Gasteiger partial charge in [0.2, 0.25) is 0 Å². The summed E-state index contributed by atoms with van der Waals surface area (Å²) in [7, 11) is 2.78. The van der Waals surface area contributed by atoms with Crippen LogP contribution in [0.5, 0.6) is 0 Å². The third-order valence-electron chi connectivity index (χ3n) is 3.60. The van der Waals surface area contributed by atoms with Gasteiger partial charge >= 0.3 is 14.1 Å². The predicted octanol–water partition coefficient (Wildman–Crippen LogP) is 1.73. The molecule has 0 nitrogen and oxygen atoms in total. The molecular weight excluding hydrogens is 246 g/mol. The van der Waals surface area contributed by atoms with Crippen molar-refractivity contribution in [3.8, 4) is 11.1 Å². The molecule has 2 radical (unpaired) electrons. The van der Waals surface area contributed by atoms with E-state index in [4.69, 9.17) is 7.74 Å². The van der Waals surface area contributed by atoms with Crippen LogP contribution in [0.3, 0.4) is 0 Å². The summed E-state index contributed by atoms with van der Waals surface area (Å²) in [5.74, 6) is 0. The van der Waals surface area contributed by atoms with Crippen molar-refractivity contribution in [3.63, 3.8) is 0 Å². The number of fused-ring (bicyclic) bond motifs is 3. The maximum Gasteiger partial charge on any atom is 0.572 e. The Morgan fingerprint density at radius 2 is 1.37 bits per heavy atom. The highest BCUT2D eigenvalue weighted by Crippen LogP contribution is 2.34. The van der Waals surface area contributed by atoms with Crippen LogP contribution in [-0.4, -0.2) is 21.9 Å². The Morgan fingerprint density at radius 3 is 1.89 bits per heavy atom. The topological polar surface area (TPSA) is 0 Å². The van der Waals surface area contributed by atoms with Crippen LogP contribution in [0.4, 0.5) is 12.9 Å². The molecule has 0 N–H and O–H groups in total. The summed E-state index contributed by atoms with van der Waals surface area (Å²) in [6.07, 6.45) is 0.318. The summed E-state index contributed by atoms with van der Waals surface area (Å²) in [6.45, 7) is -1.58. The van der Waals surface area contributed by atoms with E-state index in [0.29, 0.717) is 17.4 Å². The first-order valence-corrected chi connectivity index (χ1v) is 6.01. The van der Waals surface area contributed by atoms with Gasteiger partial charge in [-0.15, -0.1) is 0 Å². The first-order valence-electron chi connectivity index (χ1n) is 6.01. The third-order valence-corrected chi connectivity index (χ3v) is 3.60. The first-order chi connectivity index (χ1) is 9.09. The summed E-state index contributed by atoms with van der Waals surface area (Å²) >= 11 is 0. The van der Waals surface area contributed by atoms with Crippen LogP contribution in [0.25, 0.3) is 11.1 Å². The zero-order valence-corrected chi connectivity index (χ0v) is 10.0. The van der Waals surface area contributed by atoms with Crippen molar-refractivity contribution in [3.05, 3.63) is 47.5 Å². The highest BCUT2D eigenvalue weighted by Gasteiger charge is 2.29. The van der Waals surface area contributed by atoms with Gasteiger partial charge in [0.1, 0.15) is 0 Å². The van der Waals surface area contributed by atoms with Crippen molar-refractivity contribution in [2.45, 2.75) is 6.42 Å². The average Bonchev–Trinajstić information content (AvgIpc) is 2.76. The molecule has 6 heteroatoms. The van der Waals surface area contributed by atoms with Crippen molar-refractivity contribution >= 4 is 32.8 Å². The number of rotatable bonds is 2. The van der Waals surface area contributed by atoms with Gasteiger partial charge in [0.25, 0.3) is 0 Å². The molecule has 3 rings (SSSR count). The average molecular weight is 254 g/mol. The highest BCUT2D eigenvalue weighted by atomic mass is 19.2. The van der Waals surface area contributed by atoms with Gasteiger partial charge in [0.05, 0.1) is 7.74 Å². The van der Waals surface area contributed by atoms with E-state index < -0.39 is 14.1 Å². The number of hydrogen-bond donors (Lipinski definition) is 0. The fourth-order valence-corrected chi connectivity index (χ4v) is 2.75. The minimum absolute atomic E-state index is 0.0204. The first kappa shape index (κ1) is 12.5. The molecule has 1 aliphatic carbocycles. The van der Waals surface area contributed by atoms with E-state index in [1.807, 2.05) is 6.07 Å². The van der Waals surface area contributed by atoms with Crippen molar-refractivity contribution < 1.29 is 12.9 Å². The second-order valence-electron chi connectivity index (χ2n) is 4.63. The minimum Gasteiger partial charge on any atom is -0.342 e. The Balaban J connectivity index is 2.21. The highest BCUT2D eigenvalue weighted by molar-refractivity contribution is 7.07. The standard InChI is InChI=1S/C13H8B3F3/c14-15(17)12-5-1-3-8-9-4-2-6-13(16(18)19)11(9)7-10(8)12/h1-6H,7H2. The Kier molecular flexibility index (Phi) is 2.96. The van der Waals surface area contributed by atoms with Crippen molar-refractivity contribution in [1.82, 2.24) is 0 Å². The molecule has 0 atom stereocenters. The molecule has 0 heterocycles. The van der Waals surface area contributed by atoms with Gasteiger partial charge in [-0.1, -0.05) is 36.4 Å². The molecule has 0 fully saturated rings. The Bertz CT molecular complexity index is 586. The molecule has 1 aliphatic rings. The lowest BCUT2D eigenvalue weighted by Crippen LogP contribution is -2.30. The van der Waals surface area contributed by atoms with Crippen LogP contribution < -0.4 is 10.9 Å². The zero-order valence-electron chi connectivity index (χ0n) is 10.0. The molecule has 0 unspecified atom stereocenters. The summed E-state index contributed by atoms with van der Waals surface area (Å²) in [4.78, 5) is 0. The molecule has 90 valence electrons. The Labute approximate surface area is 111 Å². The van der Waals surface area contributed by atoms with Gasteiger partial charge in [0.15, 0.2) is 0 Å². The van der Waals surface area contributed by atoms with E-state index in [9.17, 15) is 12.9 Å². The fourth-order valence-electron chi connectivity index (χ4n) is 2.75. The summed E-state index contributed by atoms with van der Waals surface area (Å²) in [5, 5.41) is 0. The maximum atomic E-state index is 13.4. The smallest absolute Gasteiger partial charge is 0.342 e. The monoisotopic (exact) mass is 254 g/mol. The van der Waals surface area contributed by atoms with E-state index in [-0.39, 0.29) is 5.46 Å². The fraction of sp³-hybridized carbons (Fsp3) is 0.0769. The Hall–Kier alpha value is -1.58. The minimum atomic E-state index is -2.52. The lowest BCUT2D eigenvalue weighted by atomic mass is 9.45. The van der Waals surface area contributed by atoms with Crippen LogP contribution in [0.15, 0.2) is 36.4 Å². The predicted molar refractivity (Wildman–Crippen MR) is 74.5 cm³/mol. The molecule has 0 saturated heterocycles. The molecular formula is C13H8B3F3. The number of benzene rings is 2. The zero-order chi connectivity index (χ0) is 13.6. The second kappa shape index (κ2) is 4.51. The lowest BCUT2D eigenvalue weighted by molar-refractivity contribution is 0.684. The largest absolute Gasteiger partial charge is 0.572 e. The summed E-state index contributed by atoms with van der Waals surface area (Å²) in [5.41, 5.74) is 3.28. The van der Waals surface area contributed by atoms with Gasteiger partial charge in [-0.2, -0.15) is 0 Å². The Morgan fingerprint density at radius 1 is 0.842 bits per heavy atom. The SMILES string of the molecule is [B]B(F)c1cccc2c1Cc1c(B(F)F)cccc1-2. The van der Waals surface area contributed by atoms with Crippen LogP contribution in [0, 0.1) is 0 Å². The van der Waals surface area contributed by atoms with Gasteiger partial charge < -0.3 is 4.32 Å². The summed E-state index contributed by atoms with van der Waals surface area (Å²) in [6, 6.07) is 9.96. The molecule has 0 saturated carbocycles. The maximum absolute atomic E-state index is 13.4. The van der Waals surface area contributed by atoms with E-state index in [1.165, 1.54) is 6.07 Å². The molecule has 2 aromatic carbocycles. The summed E-state index contributed by atoms with van der Waals surface area (Å²) < 4.78 is 39.4. The van der Waals surface area contributed by atoms with Gasteiger partial charge in [0, 0.05) is 0 Å². The second-order valence-corrected chi connectivity index (χ2v) is 4.63. The molecule has 2 aromatic rings. The van der Waals surface area contributed by atoms with E-state index in [0.717, 1.165) is 16.7 Å². The lowest BCUT2D eigenvalue weighted by Gasteiger charge is -2.07. The van der Waals surface area contributed by atoms with Crippen molar-refractivity contribution in [2.24, 2.45) is 0 Å². The molecule has 19 heavy (non-hydrogen) atoms. The van der Waals surface area contributed by atoms with Crippen molar-refractivity contribution in [1.29, 1.82) is 0 Å². The van der Waals surface area contributed by atoms with Crippen molar-refractivity contribution in [2.75, 3.05) is 0 Å². The van der Waals surface area contributed by atoms with E-state index in [2.05, 4.69) is 0 Å². The van der Waals surface area contributed by atoms with Gasteiger partial charge in [-0.05, 0) is 39.6 Å². The van der Waals surface area contributed by atoms with Crippen LogP contribution in [0.2, 0.25) is 0 Å². The quantitative estimate of drug-likeness (QED) is 0.610. The molecule has 0 aromatic heterocycles. The van der Waals surface area contributed by atoms with Gasteiger partial charge in [-0.3, -0.25) is 8.63 Å². The third kappa shape index (κ3) is 1.90. The van der Waals surface area contributed by atoms with Gasteiger partial charge in [-0.25, -0.2) is 0 Å². The molecule has 0 bridgehead atoms. The normalized spacial score (nSPS) is 11.9. The molecule has 0 amide bonds. The van der Waals surface area contributed by atoms with E-state index in [1.54, 1.807) is 24.3 Å². The van der Waals surface area contributed by atoms with Crippen LogP contribution in [-0.2, 0) is 6.42 Å². The van der Waals surface area contributed by atoms with Crippen LogP contribution in [0.1, 0.15) is 11.1 Å².